The molecule has 0 aromatic heterocycles. The first-order valence-electron chi connectivity index (χ1n) is 10.8. The number of aromatic hydroxyl groups is 1. The summed E-state index contributed by atoms with van der Waals surface area (Å²) < 4.78 is 23.8. The fraction of sp³-hybridized carbons (Fsp3) is 0.231. The minimum atomic E-state index is -0.942. The Hall–Kier alpha value is -3.91. The third-order valence-electron chi connectivity index (χ3n) is 5.01. The number of rotatable bonds is 8. The van der Waals surface area contributed by atoms with Gasteiger partial charge in [0.05, 0.1) is 6.61 Å². The Morgan fingerprint density at radius 2 is 1.65 bits per heavy atom. The second-order valence-electron chi connectivity index (χ2n) is 7.74. The Balaban J connectivity index is 1.68. The highest BCUT2D eigenvalue weighted by Gasteiger charge is 2.16. The number of esters is 1. The first-order chi connectivity index (χ1) is 16.3. The van der Waals surface area contributed by atoms with E-state index >= 15 is 0 Å². The molecule has 0 aliphatic rings. The molecule has 0 radical (unpaired) electrons. The van der Waals surface area contributed by atoms with Crippen molar-refractivity contribution in [3.63, 3.8) is 0 Å². The van der Waals surface area contributed by atoms with Gasteiger partial charge in [0, 0.05) is 24.3 Å². The maximum atomic E-state index is 13.0. The van der Waals surface area contributed by atoms with Crippen LogP contribution >= 0.6 is 0 Å². The van der Waals surface area contributed by atoms with Crippen LogP contribution in [-0.2, 0) is 27.4 Å². The molecule has 0 heterocycles. The molecule has 8 heteroatoms. The van der Waals surface area contributed by atoms with Crippen molar-refractivity contribution in [2.45, 2.75) is 33.9 Å². The third kappa shape index (κ3) is 6.55. The molecule has 3 aromatic carbocycles. The molecule has 34 heavy (non-hydrogen) atoms. The summed E-state index contributed by atoms with van der Waals surface area (Å²) in [6, 6.07) is 14.6. The van der Waals surface area contributed by atoms with Crippen LogP contribution < -0.4 is 15.4 Å². The van der Waals surface area contributed by atoms with Crippen LogP contribution in [0.1, 0.15) is 29.2 Å². The zero-order valence-corrected chi connectivity index (χ0v) is 19.3. The van der Waals surface area contributed by atoms with Crippen LogP contribution in [0, 0.1) is 19.7 Å². The van der Waals surface area contributed by atoms with E-state index in [0.29, 0.717) is 35.8 Å². The summed E-state index contributed by atoms with van der Waals surface area (Å²) in [5.74, 6) is -0.806. The van der Waals surface area contributed by atoms with Gasteiger partial charge in [0.1, 0.15) is 23.1 Å². The van der Waals surface area contributed by atoms with E-state index < -0.39 is 11.9 Å². The lowest BCUT2D eigenvalue weighted by atomic mass is 10.1. The number of hydrogen-bond donors (Lipinski definition) is 3. The van der Waals surface area contributed by atoms with Crippen molar-refractivity contribution >= 4 is 17.6 Å². The van der Waals surface area contributed by atoms with Gasteiger partial charge in [0.15, 0.2) is 0 Å². The molecule has 0 bridgehead atoms. The summed E-state index contributed by atoms with van der Waals surface area (Å²) in [5.41, 5.74) is 3.53. The molecule has 3 aromatic rings. The van der Waals surface area contributed by atoms with E-state index in [-0.39, 0.29) is 18.2 Å². The molecule has 7 nitrogen and oxygen atoms in total. The quantitative estimate of drug-likeness (QED) is 0.328. The molecule has 0 fully saturated rings. The topological polar surface area (TPSA) is 96.9 Å². The predicted octanol–water partition coefficient (Wildman–Crippen LogP) is 4.73. The van der Waals surface area contributed by atoms with E-state index in [1.54, 1.807) is 49.4 Å². The first-order valence-corrected chi connectivity index (χ1v) is 10.8. The van der Waals surface area contributed by atoms with Crippen LogP contribution in [0.15, 0.2) is 54.6 Å². The number of nitrogens with one attached hydrogen (secondary N) is 2. The monoisotopic (exact) mass is 466 g/mol. The number of carbonyl (C=O) groups is 2. The maximum absolute atomic E-state index is 13.0. The van der Waals surface area contributed by atoms with Gasteiger partial charge in [-0.05, 0) is 79.9 Å². The van der Waals surface area contributed by atoms with Crippen molar-refractivity contribution in [2.24, 2.45) is 0 Å². The summed E-state index contributed by atoms with van der Waals surface area (Å²) in [7, 11) is 0. The number of halogens is 1. The highest BCUT2D eigenvalue weighted by molar-refractivity contribution is 6.37. The first kappa shape index (κ1) is 24.7. The van der Waals surface area contributed by atoms with Crippen molar-refractivity contribution in [1.29, 1.82) is 0 Å². The molecule has 0 saturated carbocycles. The van der Waals surface area contributed by atoms with Crippen LogP contribution in [0.4, 0.5) is 10.1 Å². The number of phenolic OH excluding ortho intramolecular Hbond substituents is 1. The molecule has 0 aliphatic carbocycles. The van der Waals surface area contributed by atoms with Crippen molar-refractivity contribution in [1.82, 2.24) is 5.32 Å². The van der Waals surface area contributed by atoms with E-state index in [1.165, 1.54) is 12.1 Å². The van der Waals surface area contributed by atoms with Gasteiger partial charge in [-0.15, -0.1) is 0 Å². The standard InChI is InChI=1S/C26H27FN2O5/c1-4-33-26(32)25(31)29-21-11-16(2)24(17(3)12-21)34-22-9-10-23(30)19(13-22)15-28-14-18-5-7-20(27)8-6-18/h5-13,28,30H,4,14-15H2,1-3H3,(H,29,31). The normalized spacial score (nSPS) is 10.6. The second kappa shape index (κ2) is 11.3. The summed E-state index contributed by atoms with van der Waals surface area (Å²) in [6.45, 7) is 6.30. The summed E-state index contributed by atoms with van der Waals surface area (Å²) in [4.78, 5) is 23.5. The average Bonchev–Trinajstić information content (AvgIpc) is 2.79. The van der Waals surface area contributed by atoms with E-state index in [2.05, 4.69) is 10.6 Å². The van der Waals surface area contributed by atoms with Gasteiger partial charge in [-0.2, -0.15) is 0 Å². The Morgan fingerprint density at radius 3 is 2.29 bits per heavy atom. The van der Waals surface area contributed by atoms with Gasteiger partial charge < -0.3 is 25.2 Å². The number of aryl methyl sites for hydroxylation is 2. The zero-order valence-electron chi connectivity index (χ0n) is 19.3. The fourth-order valence-electron chi connectivity index (χ4n) is 3.39. The molecule has 178 valence electrons. The number of benzene rings is 3. The smallest absolute Gasteiger partial charge is 0.397 e. The minimum Gasteiger partial charge on any atom is -0.508 e. The molecule has 0 atom stereocenters. The third-order valence-corrected chi connectivity index (χ3v) is 5.01. The summed E-state index contributed by atoms with van der Waals surface area (Å²) in [6.07, 6.45) is 0. The molecule has 3 rings (SSSR count). The Labute approximate surface area is 197 Å². The van der Waals surface area contributed by atoms with Gasteiger partial charge >= 0.3 is 11.9 Å². The summed E-state index contributed by atoms with van der Waals surface area (Å²) >= 11 is 0. The lowest BCUT2D eigenvalue weighted by Gasteiger charge is -2.15. The molecular weight excluding hydrogens is 439 g/mol. The van der Waals surface area contributed by atoms with E-state index in [1.807, 2.05) is 13.8 Å². The van der Waals surface area contributed by atoms with Crippen LogP contribution in [-0.4, -0.2) is 23.6 Å². The SMILES string of the molecule is CCOC(=O)C(=O)Nc1cc(C)c(Oc2ccc(O)c(CNCc3ccc(F)cc3)c2)c(C)c1. The van der Waals surface area contributed by atoms with Crippen LogP contribution in [0.3, 0.4) is 0 Å². The average molecular weight is 467 g/mol. The van der Waals surface area contributed by atoms with Crippen LogP contribution in [0.2, 0.25) is 0 Å². The second-order valence-corrected chi connectivity index (χ2v) is 7.74. The highest BCUT2D eigenvalue weighted by Crippen LogP contribution is 2.33. The molecule has 0 spiro atoms. The maximum Gasteiger partial charge on any atom is 0.397 e. The molecule has 3 N–H and O–H groups in total. The number of phenols is 1. The Morgan fingerprint density at radius 1 is 0.971 bits per heavy atom. The fourth-order valence-corrected chi connectivity index (χ4v) is 3.39. The minimum absolute atomic E-state index is 0.119. The van der Waals surface area contributed by atoms with Crippen molar-refractivity contribution in [2.75, 3.05) is 11.9 Å². The Bertz CT molecular complexity index is 1160. The number of ether oxygens (including phenoxy) is 2. The Kier molecular flexibility index (Phi) is 8.21. The van der Waals surface area contributed by atoms with Gasteiger partial charge in [-0.25, -0.2) is 9.18 Å². The van der Waals surface area contributed by atoms with E-state index in [0.717, 1.165) is 16.7 Å². The summed E-state index contributed by atoms with van der Waals surface area (Å²) in [5, 5.41) is 16.0. The highest BCUT2D eigenvalue weighted by atomic mass is 19.1. The number of anilines is 1. The van der Waals surface area contributed by atoms with Gasteiger partial charge in [0.25, 0.3) is 0 Å². The number of amides is 1. The van der Waals surface area contributed by atoms with Gasteiger partial charge in [-0.1, -0.05) is 12.1 Å². The molecule has 0 aliphatic heterocycles. The predicted molar refractivity (Wildman–Crippen MR) is 126 cm³/mol. The molecule has 1 amide bonds. The molecule has 0 unspecified atom stereocenters. The van der Waals surface area contributed by atoms with Crippen molar-refractivity contribution in [3.8, 4) is 17.2 Å². The molecule has 0 saturated heterocycles. The van der Waals surface area contributed by atoms with Crippen LogP contribution in [0.25, 0.3) is 0 Å². The number of carbonyl (C=O) groups excluding carboxylic acids is 2. The van der Waals surface area contributed by atoms with Gasteiger partial charge in [0.2, 0.25) is 0 Å². The number of hydrogen-bond acceptors (Lipinski definition) is 6. The lowest BCUT2D eigenvalue weighted by Crippen LogP contribution is -2.25. The van der Waals surface area contributed by atoms with E-state index in [9.17, 15) is 19.1 Å². The van der Waals surface area contributed by atoms with Crippen LogP contribution in [0.5, 0.6) is 17.2 Å². The van der Waals surface area contributed by atoms with E-state index in [4.69, 9.17) is 9.47 Å². The largest absolute Gasteiger partial charge is 0.508 e. The van der Waals surface area contributed by atoms with Gasteiger partial charge in [-0.3, -0.25) is 4.79 Å². The zero-order chi connectivity index (χ0) is 24.7. The van der Waals surface area contributed by atoms with Crippen molar-refractivity contribution < 1.29 is 28.6 Å². The van der Waals surface area contributed by atoms with Crippen molar-refractivity contribution in [3.05, 3.63) is 82.7 Å². The lowest BCUT2D eigenvalue weighted by molar-refractivity contribution is -0.152. The molecular formula is C26H27FN2O5.